The second kappa shape index (κ2) is 4.30. The van der Waals surface area contributed by atoms with E-state index in [0.29, 0.717) is 0 Å². The molecule has 1 atom stereocenters. The molecule has 70 valence electrons. The molecule has 0 aromatic carbocycles. The first-order valence-corrected chi connectivity index (χ1v) is 4.34. The van der Waals surface area contributed by atoms with E-state index in [0.717, 1.165) is 25.9 Å². The Morgan fingerprint density at radius 3 is 2.50 bits per heavy atom. The lowest BCUT2D eigenvalue weighted by molar-refractivity contribution is -0.0520. The lowest BCUT2D eigenvalue weighted by Gasteiger charge is -2.26. The highest BCUT2D eigenvalue weighted by Crippen LogP contribution is 2.10. The molecule has 1 N–H and O–H groups in total. The van der Waals surface area contributed by atoms with Crippen molar-refractivity contribution in [2.24, 2.45) is 0 Å². The van der Waals surface area contributed by atoms with E-state index in [1.165, 1.54) is 13.3 Å². The summed E-state index contributed by atoms with van der Waals surface area (Å²) in [5.74, 6) is 0. The number of hydrogen-bond acceptors (Lipinski definition) is 3. The van der Waals surface area contributed by atoms with Crippen LogP contribution in [0, 0.1) is 0 Å². The summed E-state index contributed by atoms with van der Waals surface area (Å²) in [6, 6.07) is 0. The molecule has 1 aliphatic heterocycles. The molecule has 4 heteroatoms. The molecule has 0 aliphatic carbocycles. The summed E-state index contributed by atoms with van der Waals surface area (Å²) >= 11 is 0. The van der Waals surface area contributed by atoms with Gasteiger partial charge in [0.2, 0.25) is 0 Å². The first-order valence-electron chi connectivity index (χ1n) is 4.34. The van der Waals surface area contributed by atoms with Crippen molar-refractivity contribution in [3.63, 3.8) is 0 Å². The van der Waals surface area contributed by atoms with Crippen LogP contribution in [0.2, 0.25) is 0 Å². The van der Waals surface area contributed by atoms with E-state index in [1.807, 2.05) is 0 Å². The Morgan fingerprint density at radius 2 is 2.00 bits per heavy atom. The molecular weight excluding hydrogens is 158 g/mol. The second-order valence-corrected chi connectivity index (χ2v) is 3.03. The molecule has 0 aromatic heterocycles. The Balaban J connectivity index is 2.30. The highest BCUT2D eigenvalue weighted by Gasteiger charge is 2.18. The SMILES string of the molecule is C[C@@H](O)OC(=O)N1CCCCC1. The zero-order chi connectivity index (χ0) is 8.97. The van der Waals surface area contributed by atoms with Gasteiger partial charge in [-0.25, -0.2) is 4.79 Å². The highest BCUT2D eigenvalue weighted by molar-refractivity contribution is 5.67. The molecule has 0 spiro atoms. The molecule has 1 heterocycles. The van der Waals surface area contributed by atoms with Crippen molar-refractivity contribution < 1.29 is 14.6 Å². The van der Waals surface area contributed by atoms with Gasteiger partial charge in [-0.2, -0.15) is 0 Å². The number of aliphatic hydroxyl groups is 1. The van der Waals surface area contributed by atoms with E-state index in [4.69, 9.17) is 5.11 Å². The van der Waals surface area contributed by atoms with Crippen molar-refractivity contribution in [3.8, 4) is 0 Å². The lowest BCUT2D eigenvalue weighted by Crippen LogP contribution is -2.37. The van der Waals surface area contributed by atoms with Crippen LogP contribution in [0.5, 0.6) is 0 Å². The van der Waals surface area contributed by atoms with Crippen molar-refractivity contribution in [1.29, 1.82) is 0 Å². The predicted octanol–water partition coefficient (Wildman–Crippen LogP) is 0.947. The second-order valence-electron chi connectivity index (χ2n) is 3.03. The van der Waals surface area contributed by atoms with Gasteiger partial charge in [0, 0.05) is 13.1 Å². The largest absolute Gasteiger partial charge is 0.420 e. The van der Waals surface area contributed by atoms with Crippen molar-refractivity contribution in [1.82, 2.24) is 4.90 Å². The summed E-state index contributed by atoms with van der Waals surface area (Å²) < 4.78 is 4.63. The van der Waals surface area contributed by atoms with Crippen LogP contribution in [0.3, 0.4) is 0 Å². The third kappa shape index (κ3) is 2.70. The van der Waals surface area contributed by atoms with Gasteiger partial charge >= 0.3 is 6.09 Å². The van der Waals surface area contributed by atoms with Crippen LogP contribution in [0.1, 0.15) is 26.2 Å². The minimum absolute atomic E-state index is 0.398. The van der Waals surface area contributed by atoms with Crippen LogP contribution in [-0.4, -0.2) is 35.5 Å². The standard InChI is InChI=1S/C8H15NO3/c1-7(10)12-8(11)9-5-3-2-4-6-9/h7,10H,2-6H2,1H3/t7-/m0/s1. The average molecular weight is 173 g/mol. The Bertz CT molecular complexity index is 152. The van der Waals surface area contributed by atoms with Crippen molar-refractivity contribution in [2.45, 2.75) is 32.5 Å². The zero-order valence-electron chi connectivity index (χ0n) is 7.32. The van der Waals surface area contributed by atoms with E-state index >= 15 is 0 Å². The maximum absolute atomic E-state index is 11.2. The zero-order valence-corrected chi connectivity index (χ0v) is 7.32. The minimum Gasteiger partial charge on any atom is -0.420 e. The van der Waals surface area contributed by atoms with Crippen molar-refractivity contribution in [2.75, 3.05) is 13.1 Å². The van der Waals surface area contributed by atoms with Gasteiger partial charge in [-0.05, 0) is 26.2 Å². The Kier molecular flexibility index (Phi) is 3.34. The molecule has 0 radical (unpaired) electrons. The summed E-state index contributed by atoms with van der Waals surface area (Å²) in [6.45, 7) is 2.94. The third-order valence-corrected chi connectivity index (χ3v) is 1.89. The quantitative estimate of drug-likeness (QED) is 0.600. The Hall–Kier alpha value is -0.770. The molecule has 1 rings (SSSR count). The summed E-state index contributed by atoms with van der Waals surface area (Å²) in [5, 5.41) is 8.78. The number of amides is 1. The van der Waals surface area contributed by atoms with E-state index in [2.05, 4.69) is 4.74 Å². The first-order chi connectivity index (χ1) is 5.70. The number of carbonyl (C=O) groups excluding carboxylic acids is 1. The third-order valence-electron chi connectivity index (χ3n) is 1.89. The highest BCUT2D eigenvalue weighted by atomic mass is 16.6. The maximum atomic E-state index is 11.2. The topological polar surface area (TPSA) is 49.8 Å². The van der Waals surface area contributed by atoms with Crippen LogP contribution in [0.4, 0.5) is 4.79 Å². The van der Waals surface area contributed by atoms with Crippen LogP contribution in [-0.2, 0) is 4.74 Å². The molecule has 1 fully saturated rings. The number of hydrogen-bond donors (Lipinski definition) is 1. The number of nitrogens with zero attached hydrogens (tertiary/aromatic N) is 1. The molecular formula is C8H15NO3. The van der Waals surface area contributed by atoms with E-state index in [9.17, 15) is 4.79 Å². The summed E-state index contributed by atoms with van der Waals surface area (Å²) in [4.78, 5) is 12.8. The molecule has 0 aromatic rings. The van der Waals surface area contributed by atoms with Crippen molar-refractivity contribution in [3.05, 3.63) is 0 Å². The summed E-state index contributed by atoms with van der Waals surface area (Å²) in [5.41, 5.74) is 0. The van der Waals surface area contributed by atoms with Gasteiger partial charge in [-0.15, -0.1) is 0 Å². The summed E-state index contributed by atoms with van der Waals surface area (Å²) in [7, 11) is 0. The van der Waals surface area contributed by atoms with Crippen LogP contribution in [0.15, 0.2) is 0 Å². The van der Waals surface area contributed by atoms with Gasteiger partial charge in [-0.3, -0.25) is 0 Å². The van der Waals surface area contributed by atoms with Gasteiger partial charge in [0.1, 0.15) is 0 Å². The first kappa shape index (κ1) is 9.32. The molecule has 1 amide bonds. The van der Waals surface area contributed by atoms with Gasteiger partial charge in [-0.1, -0.05) is 0 Å². The van der Waals surface area contributed by atoms with Crippen LogP contribution < -0.4 is 0 Å². The lowest BCUT2D eigenvalue weighted by atomic mass is 10.1. The van der Waals surface area contributed by atoms with Gasteiger partial charge in [0.05, 0.1) is 0 Å². The number of ether oxygens (including phenoxy) is 1. The van der Waals surface area contributed by atoms with Crippen molar-refractivity contribution >= 4 is 6.09 Å². The monoisotopic (exact) mass is 173 g/mol. The number of piperidine rings is 1. The molecule has 0 unspecified atom stereocenters. The van der Waals surface area contributed by atoms with E-state index < -0.39 is 12.4 Å². The minimum atomic E-state index is -1.00. The van der Waals surface area contributed by atoms with E-state index in [1.54, 1.807) is 4.90 Å². The number of likely N-dealkylation sites (tertiary alicyclic amines) is 1. The number of aliphatic hydroxyl groups excluding tert-OH is 1. The van der Waals surface area contributed by atoms with E-state index in [-0.39, 0.29) is 0 Å². The van der Waals surface area contributed by atoms with Gasteiger partial charge in [0.15, 0.2) is 6.29 Å². The molecule has 12 heavy (non-hydrogen) atoms. The van der Waals surface area contributed by atoms with Crippen LogP contribution in [0.25, 0.3) is 0 Å². The molecule has 1 saturated heterocycles. The summed E-state index contributed by atoms with van der Waals surface area (Å²) in [6.07, 6.45) is 1.85. The van der Waals surface area contributed by atoms with Gasteiger partial charge in [0.25, 0.3) is 0 Å². The molecule has 0 saturated carbocycles. The fourth-order valence-corrected chi connectivity index (χ4v) is 1.30. The average Bonchev–Trinajstić information content (AvgIpc) is 2.05. The molecule has 4 nitrogen and oxygen atoms in total. The van der Waals surface area contributed by atoms with Crippen LogP contribution >= 0.6 is 0 Å². The normalized spacial score (nSPS) is 20.3. The smallest absolute Gasteiger partial charge is 0.412 e. The Labute approximate surface area is 72.1 Å². The number of carbonyl (C=O) groups is 1. The fourth-order valence-electron chi connectivity index (χ4n) is 1.30. The predicted molar refractivity (Wildman–Crippen MR) is 43.6 cm³/mol. The fraction of sp³-hybridized carbons (Fsp3) is 0.875. The number of rotatable bonds is 1. The van der Waals surface area contributed by atoms with Gasteiger partial charge < -0.3 is 14.7 Å². The molecule has 1 aliphatic rings. The maximum Gasteiger partial charge on any atom is 0.412 e. The Morgan fingerprint density at radius 1 is 1.42 bits per heavy atom. The molecule has 0 bridgehead atoms.